The van der Waals surface area contributed by atoms with Crippen molar-refractivity contribution < 1.29 is 4.74 Å². The molecule has 0 fully saturated rings. The van der Waals surface area contributed by atoms with Crippen molar-refractivity contribution in [1.82, 2.24) is 9.55 Å². The van der Waals surface area contributed by atoms with Crippen LogP contribution in [0.3, 0.4) is 0 Å². The number of nitrogens with one attached hydrogen (secondary N) is 1. The Hall–Kier alpha value is -2.82. The summed E-state index contributed by atoms with van der Waals surface area (Å²) < 4.78 is 6.74. The lowest BCUT2D eigenvalue weighted by Crippen LogP contribution is -2.35. The Balaban J connectivity index is 1.92. The van der Waals surface area contributed by atoms with Crippen molar-refractivity contribution in [3.8, 4) is 5.75 Å². The zero-order valence-electron chi connectivity index (χ0n) is 12.9. The normalized spacial score (nSPS) is 10.8. The predicted molar refractivity (Wildman–Crippen MR) is 90.2 cm³/mol. The molecule has 118 valence electrons. The second-order valence-electron chi connectivity index (χ2n) is 5.36. The number of hydrogen-bond donors (Lipinski definition) is 1. The van der Waals surface area contributed by atoms with Crippen LogP contribution in [-0.4, -0.2) is 16.2 Å². The number of aromatic nitrogens is 2. The van der Waals surface area contributed by atoms with Gasteiger partial charge in [-0.1, -0.05) is 31.2 Å². The lowest BCUT2D eigenvalue weighted by atomic mass is 10.2. The van der Waals surface area contributed by atoms with Crippen LogP contribution in [-0.2, 0) is 6.54 Å². The number of aromatic amines is 1. The fourth-order valence-electron chi connectivity index (χ4n) is 2.44. The van der Waals surface area contributed by atoms with E-state index in [4.69, 9.17) is 4.74 Å². The lowest BCUT2D eigenvalue weighted by Gasteiger charge is -2.08. The molecule has 0 saturated heterocycles. The van der Waals surface area contributed by atoms with Gasteiger partial charge in [-0.2, -0.15) is 0 Å². The largest absolute Gasteiger partial charge is 0.494 e. The fraction of sp³-hybridized carbons (Fsp3) is 0.222. The summed E-state index contributed by atoms with van der Waals surface area (Å²) >= 11 is 0. The number of hydrogen-bond acceptors (Lipinski definition) is 3. The van der Waals surface area contributed by atoms with Crippen molar-refractivity contribution in [2.75, 3.05) is 6.61 Å². The van der Waals surface area contributed by atoms with Crippen LogP contribution in [0.5, 0.6) is 5.75 Å². The highest BCUT2D eigenvalue weighted by molar-refractivity contribution is 5.76. The van der Waals surface area contributed by atoms with E-state index in [9.17, 15) is 9.59 Å². The molecule has 5 nitrogen and oxygen atoms in total. The van der Waals surface area contributed by atoms with Crippen molar-refractivity contribution in [1.29, 1.82) is 0 Å². The summed E-state index contributed by atoms with van der Waals surface area (Å²) in [6.45, 7) is 2.95. The van der Waals surface area contributed by atoms with Crippen LogP contribution in [0.1, 0.15) is 18.9 Å². The Morgan fingerprint density at radius 3 is 2.52 bits per heavy atom. The minimum Gasteiger partial charge on any atom is -0.494 e. The summed E-state index contributed by atoms with van der Waals surface area (Å²) in [5.41, 5.74) is 0.745. The summed E-state index contributed by atoms with van der Waals surface area (Å²) in [6.07, 6.45) is 0.948. The molecule has 0 radical (unpaired) electrons. The molecule has 5 heteroatoms. The standard InChI is InChI=1S/C18H18N2O3/c1-2-11-23-14-9-7-13(8-10-14)12-20-17(21)15-5-3-4-6-16(15)19-18(20)22/h3-10H,2,11-12H2,1H3,(H,19,22). The molecule has 0 atom stereocenters. The topological polar surface area (TPSA) is 64.1 Å². The average Bonchev–Trinajstić information content (AvgIpc) is 2.58. The molecule has 1 N–H and O–H groups in total. The van der Waals surface area contributed by atoms with Crippen LogP contribution >= 0.6 is 0 Å². The molecular formula is C18H18N2O3. The van der Waals surface area contributed by atoms with Gasteiger partial charge in [0.05, 0.1) is 24.1 Å². The highest BCUT2D eigenvalue weighted by Crippen LogP contribution is 2.13. The van der Waals surface area contributed by atoms with Gasteiger partial charge < -0.3 is 9.72 Å². The molecule has 0 unspecified atom stereocenters. The van der Waals surface area contributed by atoms with Crippen molar-refractivity contribution >= 4 is 10.9 Å². The Morgan fingerprint density at radius 1 is 1.04 bits per heavy atom. The Bertz CT molecular complexity index is 923. The third-order valence-electron chi connectivity index (χ3n) is 3.63. The molecule has 0 spiro atoms. The first kappa shape index (κ1) is 15.1. The second-order valence-corrected chi connectivity index (χ2v) is 5.36. The molecule has 3 rings (SSSR count). The van der Waals surface area contributed by atoms with Gasteiger partial charge in [0.25, 0.3) is 5.56 Å². The lowest BCUT2D eigenvalue weighted by molar-refractivity contribution is 0.317. The van der Waals surface area contributed by atoms with Gasteiger partial charge in [0, 0.05) is 0 Å². The molecule has 0 bridgehead atoms. The number of ether oxygens (including phenoxy) is 1. The van der Waals surface area contributed by atoms with Crippen LogP contribution in [0.25, 0.3) is 10.9 Å². The van der Waals surface area contributed by atoms with E-state index in [1.165, 1.54) is 4.57 Å². The van der Waals surface area contributed by atoms with E-state index in [2.05, 4.69) is 4.98 Å². The van der Waals surface area contributed by atoms with Gasteiger partial charge in [-0.15, -0.1) is 0 Å². The molecule has 0 amide bonds. The second kappa shape index (κ2) is 6.52. The summed E-state index contributed by atoms with van der Waals surface area (Å²) in [7, 11) is 0. The van der Waals surface area contributed by atoms with E-state index in [0.717, 1.165) is 17.7 Å². The first-order valence-electron chi connectivity index (χ1n) is 7.62. The van der Waals surface area contributed by atoms with Crippen LogP contribution in [0.15, 0.2) is 58.1 Å². The fourth-order valence-corrected chi connectivity index (χ4v) is 2.44. The van der Waals surface area contributed by atoms with Gasteiger partial charge in [0.15, 0.2) is 0 Å². The monoisotopic (exact) mass is 310 g/mol. The molecule has 3 aromatic rings. The number of nitrogens with zero attached hydrogens (tertiary/aromatic N) is 1. The Morgan fingerprint density at radius 2 is 1.78 bits per heavy atom. The number of para-hydroxylation sites is 1. The van der Waals surface area contributed by atoms with Crippen LogP contribution < -0.4 is 16.0 Å². The van der Waals surface area contributed by atoms with E-state index >= 15 is 0 Å². The van der Waals surface area contributed by atoms with Crippen LogP contribution in [0, 0.1) is 0 Å². The molecule has 23 heavy (non-hydrogen) atoms. The van der Waals surface area contributed by atoms with Crippen molar-refractivity contribution in [2.24, 2.45) is 0 Å². The van der Waals surface area contributed by atoms with Gasteiger partial charge in [-0.3, -0.25) is 9.36 Å². The van der Waals surface area contributed by atoms with Crippen molar-refractivity contribution in [3.05, 3.63) is 74.9 Å². The number of benzene rings is 2. The summed E-state index contributed by atoms with van der Waals surface area (Å²) in [5, 5.41) is 0.509. The maximum Gasteiger partial charge on any atom is 0.329 e. The maximum absolute atomic E-state index is 12.5. The third-order valence-corrected chi connectivity index (χ3v) is 3.63. The first-order valence-corrected chi connectivity index (χ1v) is 7.62. The molecule has 0 aliphatic heterocycles. The minimum absolute atomic E-state index is 0.229. The number of fused-ring (bicyclic) bond motifs is 1. The molecule has 0 saturated carbocycles. The molecule has 1 aromatic heterocycles. The van der Waals surface area contributed by atoms with Gasteiger partial charge >= 0.3 is 5.69 Å². The quantitative estimate of drug-likeness (QED) is 0.787. The Kier molecular flexibility index (Phi) is 4.28. The van der Waals surface area contributed by atoms with E-state index in [1.54, 1.807) is 24.3 Å². The first-order chi connectivity index (χ1) is 11.2. The van der Waals surface area contributed by atoms with Crippen LogP contribution in [0.2, 0.25) is 0 Å². The predicted octanol–water partition coefficient (Wildman–Crippen LogP) is 2.53. The zero-order chi connectivity index (χ0) is 16.2. The summed E-state index contributed by atoms with van der Waals surface area (Å²) in [6, 6.07) is 14.5. The van der Waals surface area contributed by atoms with E-state index < -0.39 is 5.69 Å². The van der Waals surface area contributed by atoms with E-state index in [1.807, 2.05) is 31.2 Å². The molecule has 2 aromatic carbocycles. The zero-order valence-corrected chi connectivity index (χ0v) is 12.9. The molecular weight excluding hydrogens is 292 g/mol. The number of rotatable bonds is 5. The van der Waals surface area contributed by atoms with Gasteiger partial charge in [0.1, 0.15) is 5.75 Å². The van der Waals surface area contributed by atoms with E-state index in [0.29, 0.717) is 17.5 Å². The maximum atomic E-state index is 12.5. The van der Waals surface area contributed by atoms with Crippen molar-refractivity contribution in [2.45, 2.75) is 19.9 Å². The summed E-state index contributed by atoms with van der Waals surface area (Å²) in [5.74, 6) is 0.787. The molecule has 0 aliphatic rings. The van der Waals surface area contributed by atoms with Gasteiger partial charge in [-0.05, 0) is 36.2 Å². The minimum atomic E-state index is -0.403. The average molecular weight is 310 g/mol. The number of H-pyrrole nitrogens is 1. The molecule has 0 aliphatic carbocycles. The highest BCUT2D eigenvalue weighted by atomic mass is 16.5. The Labute approximate surface area is 133 Å². The smallest absolute Gasteiger partial charge is 0.329 e. The SMILES string of the molecule is CCCOc1ccc(Cn2c(=O)[nH]c3ccccc3c2=O)cc1. The van der Waals surface area contributed by atoms with Gasteiger partial charge in [-0.25, -0.2) is 4.79 Å². The van der Waals surface area contributed by atoms with Crippen LogP contribution in [0.4, 0.5) is 0 Å². The van der Waals surface area contributed by atoms with Gasteiger partial charge in [0.2, 0.25) is 0 Å². The molecule has 1 heterocycles. The van der Waals surface area contributed by atoms with Crippen molar-refractivity contribution in [3.63, 3.8) is 0 Å². The third kappa shape index (κ3) is 3.18. The highest BCUT2D eigenvalue weighted by Gasteiger charge is 2.07. The van der Waals surface area contributed by atoms with E-state index in [-0.39, 0.29) is 12.1 Å². The summed E-state index contributed by atoms with van der Waals surface area (Å²) in [4.78, 5) is 27.4.